The molecule has 0 N–H and O–H groups in total. The average molecular weight is 357 g/mol. The van der Waals surface area contributed by atoms with Gasteiger partial charge >= 0.3 is 0 Å². The SMILES string of the molecule is O=C1CCC2(CC3C=CC2C3)c2cc3c(C4CCCCC4)cccc3cc21. The lowest BCUT2D eigenvalue weighted by Crippen LogP contribution is -2.37. The number of ketones is 1. The van der Waals surface area contributed by atoms with Crippen molar-refractivity contribution in [2.45, 2.75) is 69.1 Å². The number of benzene rings is 2. The highest BCUT2D eigenvalue weighted by Gasteiger charge is 2.52. The summed E-state index contributed by atoms with van der Waals surface area (Å²) in [6.07, 6.45) is 16.0. The zero-order valence-corrected chi connectivity index (χ0v) is 16.0. The fourth-order valence-electron chi connectivity index (χ4n) is 6.92. The second-order valence-corrected chi connectivity index (χ2v) is 9.57. The zero-order valence-electron chi connectivity index (χ0n) is 16.0. The molecule has 2 bridgehead atoms. The first-order valence-electron chi connectivity index (χ1n) is 11.0. The molecular formula is C26H28O. The Morgan fingerprint density at radius 2 is 1.89 bits per heavy atom. The lowest BCUT2D eigenvalue weighted by Gasteiger charge is -2.41. The number of carbonyl (C=O) groups excluding carboxylic acids is 1. The molecule has 1 heteroatoms. The lowest BCUT2D eigenvalue weighted by molar-refractivity contribution is 0.0944. The average Bonchev–Trinajstić information content (AvgIpc) is 3.32. The van der Waals surface area contributed by atoms with Crippen LogP contribution in [0.4, 0.5) is 0 Å². The van der Waals surface area contributed by atoms with Crippen LogP contribution in [-0.2, 0) is 5.41 Å². The summed E-state index contributed by atoms with van der Waals surface area (Å²) in [5, 5.41) is 2.71. The van der Waals surface area contributed by atoms with Gasteiger partial charge in [-0.25, -0.2) is 0 Å². The molecule has 2 fully saturated rings. The summed E-state index contributed by atoms with van der Waals surface area (Å²) in [5.74, 6) is 2.46. The molecule has 6 rings (SSSR count). The maximum atomic E-state index is 12.8. The van der Waals surface area contributed by atoms with Gasteiger partial charge in [-0.15, -0.1) is 0 Å². The Hall–Kier alpha value is -1.89. The van der Waals surface area contributed by atoms with E-state index in [0.717, 1.165) is 24.3 Å². The predicted octanol–water partition coefficient (Wildman–Crippen LogP) is 6.70. The standard InChI is InChI=1S/C26H28O/c27-25-11-12-26(16-17-9-10-20(26)13-17)24-15-22-19(14-23(24)25)7-4-8-21(22)18-5-2-1-3-6-18/h4,7-10,14-15,17-18,20H,1-3,5-6,11-13,16H2. The van der Waals surface area contributed by atoms with Gasteiger partial charge in [0.2, 0.25) is 0 Å². The van der Waals surface area contributed by atoms with Crippen LogP contribution in [0.15, 0.2) is 42.5 Å². The van der Waals surface area contributed by atoms with Gasteiger partial charge in [0, 0.05) is 17.4 Å². The first-order chi connectivity index (χ1) is 13.2. The quantitative estimate of drug-likeness (QED) is 0.520. The smallest absolute Gasteiger partial charge is 0.163 e. The van der Waals surface area contributed by atoms with Crippen LogP contribution in [0.1, 0.15) is 85.2 Å². The van der Waals surface area contributed by atoms with Gasteiger partial charge in [0.1, 0.15) is 0 Å². The highest BCUT2D eigenvalue weighted by molar-refractivity contribution is 6.03. The minimum Gasteiger partial charge on any atom is -0.294 e. The van der Waals surface area contributed by atoms with E-state index in [1.54, 1.807) is 5.56 Å². The van der Waals surface area contributed by atoms with E-state index in [2.05, 4.69) is 42.5 Å². The predicted molar refractivity (Wildman–Crippen MR) is 110 cm³/mol. The van der Waals surface area contributed by atoms with E-state index in [1.807, 2.05) is 0 Å². The summed E-state index contributed by atoms with van der Waals surface area (Å²) in [6.45, 7) is 0. The minimum atomic E-state index is 0.233. The molecule has 0 heterocycles. The number of rotatable bonds is 1. The molecule has 0 saturated heterocycles. The molecule has 1 spiro atoms. The topological polar surface area (TPSA) is 17.1 Å². The van der Waals surface area contributed by atoms with Gasteiger partial charge in [-0.2, -0.15) is 0 Å². The highest BCUT2D eigenvalue weighted by atomic mass is 16.1. The second kappa shape index (κ2) is 5.80. The summed E-state index contributed by atoms with van der Waals surface area (Å²) >= 11 is 0. The third-order valence-corrected chi connectivity index (χ3v) is 8.24. The maximum absolute atomic E-state index is 12.8. The third kappa shape index (κ3) is 2.27. The van der Waals surface area contributed by atoms with Crippen LogP contribution in [0, 0.1) is 11.8 Å². The zero-order chi connectivity index (χ0) is 18.0. The van der Waals surface area contributed by atoms with Crippen molar-refractivity contribution in [2.24, 2.45) is 11.8 Å². The van der Waals surface area contributed by atoms with Gasteiger partial charge < -0.3 is 0 Å². The molecule has 0 radical (unpaired) electrons. The summed E-state index contributed by atoms with van der Waals surface area (Å²) in [6, 6.07) is 11.5. The van der Waals surface area contributed by atoms with Crippen molar-refractivity contribution < 1.29 is 4.79 Å². The first-order valence-corrected chi connectivity index (χ1v) is 11.0. The Kier molecular flexibility index (Phi) is 3.46. The maximum Gasteiger partial charge on any atom is 0.163 e. The van der Waals surface area contributed by atoms with Crippen LogP contribution in [-0.4, -0.2) is 5.78 Å². The number of fused-ring (bicyclic) bond motifs is 6. The molecule has 4 aliphatic rings. The van der Waals surface area contributed by atoms with Crippen LogP contribution >= 0.6 is 0 Å². The van der Waals surface area contributed by atoms with E-state index in [4.69, 9.17) is 0 Å². The van der Waals surface area contributed by atoms with E-state index in [9.17, 15) is 4.79 Å². The molecule has 0 aromatic heterocycles. The Bertz CT molecular complexity index is 962. The molecule has 2 aromatic rings. The monoisotopic (exact) mass is 356 g/mol. The van der Waals surface area contributed by atoms with Crippen molar-refractivity contribution in [2.75, 3.05) is 0 Å². The Morgan fingerprint density at radius 1 is 1.00 bits per heavy atom. The third-order valence-electron chi connectivity index (χ3n) is 8.24. The van der Waals surface area contributed by atoms with Gasteiger partial charge in [-0.1, -0.05) is 49.6 Å². The van der Waals surface area contributed by atoms with Crippen molar-refractivity contribution in [3.63, 3.8) is 0 Å². The van der Waals surface area contributed by atoms with Crippen LogP contribution in [0.25, 0.3) is 10.8 Å². The van der Waals surface area contributed by atoms with Crippen molar-refractivity contribution in [3.8, 4) is 0 Å². The molecule has 2 aromatic carbocycles. The van der Waals surface area contributed by atoms with Crippen molar-refractivity contribution >= 4 is 16.6 Å². The molecule has 1 nitrogen and oxygen atoms in total. The second-order valence-electron chi connectivity index (χ2n) is 9.57. The van der Waals surface area contributed by atoms with Crippen LogP contribution < -0.4 is 0 Å². The molecule has 3 unspecified atom stereocenters. The fourth-order valence-corrected chi connectivity index (χ4v) is 6.92. The Labute approximate surface area is 161 Å². The summed E-state index contributed by atoms with van der Waals surface area (Å²) in [7, 11) is 0. The van der Waals surface area contributed by atoms with Crippen molar-refractivity contribution in [3.05, 3.63) is 59.2 Å². The van der Waals surface area contributed by atoms with E-state index >= 15 is 0 Å². The molecule has 0 aliphatic heterocycles. The van der Waals surface area contributed by atoms with Gasteiger partial charge in [-0.05, 0) is 83.9 Å². The number of allylic oxidation sites excluding steroid dienone is 2. The number of hydrogen-bond donors (Lipinski definition) is 0. The highest BCUT2D eigenvalue weighted by Crippen LogP contribution is 2.58. The van der Waals surface area contributed by atoms with Gasteiger partial charge in [0.05, 0.1) is 0 Å². The van der Waals surface area contributed by atoms with Gasteiger partial charge in [0.25, 0.3) is 0 Å². The molecular weight excluding hydrogens is 328 g/mol. The van der Waals surface area contributed by atoms with Crippen LogP contribution in [0.5, 0.6) is 0 Å². The number of hydrogen-bond acceptors (Lipinski definition) is 1. The summed E-state index contributed by atoms with van der Waals surface area (Å²) in [4.78, 5) is 12.8. The largest absolute Gasteiger partial charge is 0.294 e. The van der Waals surface area contributed by atoms with E-state index < -0.39 is 0 Å². The molecule has 27 heavy (non-hydrogen) atoms. The number of carbonyl (C=O) groups is 1. The molecule has 3 atom stereocenters. The first kappa shape index (κ1) is 16.1. The van der Waals surface area contributed by atoms with E-state index in [0.29, 0.717) is 17.6 Å². The number of Topliss-reactive ketones (excluding diaryl/α,β-unsaturated/α-hetero) is 1. The minimum absolute atomic E-state index is 0.233. The molecule has 4 aliphatic carbocycles. The van der Waals surface area contributed by atoms with E-state index in [-0.39, 0.29) is 5.41 Å². The van der Waals surface area contributed by atoms with Crippen LogP contribution in [0.2, 0.25) is 0 Å². The Balaban J connectivity index is 1.57. The van der Waals surface area contributed by atoms with Crippen LogP contribution in [0.3, 0.4) is 0 Å². The normalized spacial score (nSPS) is 32.5. The molecule has 0 amide bonds. The molecule has 2 saturated carbocycles. The van der Waals surface area contributed by atoms with Gasteiger partial charge in [0.15, 0.2) is 5.78 Å². The van der Waals surface area contributed by atoms with Gasteiger partial charge in [-0.3, -0.25) is 4.79 Å². The fraction of sp³-hybridized carbons (Fsp3) is 0.500. The van der Waals surface area contributed by atoms with E-state index in [1.165, 1.54) is 61.3 Å². The molecule has 138 valence electrons. The van der Waals surface area contributed by atoms with Crippen molar-refractivity contribution in [1.82, 2.24) is 0 Å². The summed E-state index contributed by atoms with van der Waals surface area (Å²) in [5.41, 5.74) is 4.21. The van der Waals surface area contributed by atoms with Crippen molar-refractivity contribution in [1.29, 1.82) is 0 Å². The Morgan fingerprint density at radius 3 is 2.67 bits per heavy atom. The summed E-state index contributed by atoms with van der Waals surface area (Å²) < 4.78 is 0. The lowest BCUT2D eigenvalue weighted by atomic mass is 9.62.